The van der Waals surface area contributed by atoms with Crippen molar-refractivity contribution in [1.82, 2.24) is 0 Å². The molecule has 1 heteroatoms. The predicted molar refractivity (Wildman–Crippen MR) is 61.2 cm³/mol. The van der Waals surface area contributed by atoms with Gasteiger partial charge in [0.2, 0.25) is 0 Å². The minimum absolute atomic E-state index is 0.0143. The van der Waals surface area contributed by atoms with Gasteiger partial charge in [0, 0.05) is 0 Å². The fourth-order valence-electron chi connectivity index (χ4n) is 2.90. The number of hydrogen-bond donors (Lipinski definition) is 1. The SMILES string of the molecule is CCC(C)(C(C)C)C1CCC(O)CC1. The van der Waals surface area contributed by atoms with E-state index in [4.69, 9.17) is 0 Å². The molecule has 84 valence electrons. The average molecular weight is 198 g/mol. The molecule has 1 fully saturated rings. The van der Waals surface area contributed by atoms with Crippen LogP contribution in [0.5, 0.6) is 0 Å². The van der Waals surface area contributed by atoms with E-state index in [2.05, 4.69) is 27.7 Å². The van der Waals surface area contributed by atoms with Crippen molar-refractivity contribution in [2.24, 2.45) is 17.3 Å². The van der Waals surface area contributed by atoms with Crippen molar-refractivity contribution in [2.75, 3.05) is 0 Å². The molecule has 0 aromatic carbocycles. The molecule has 1 aliphatic rings. The van der Waals surface area contributed by atoms with E-state index in [0.29, 0.717) is 5.41 Å². The monoisotopic (exact) mass is 198 g/mol. The van der Waals surface area contributed by atoms with Crippen LogP contribution >= 0.6 is 0 Å². The second kappa shape index (κ2) is 4.65. The van der Waals surface area contributed by atoms with Gasteiger partial charge in [0.25, 0.3) is 0 Å². The molecule has 0 bridgehead atoms. The lowest BCUT2D eigenvalue weighted by atomic mass is 9.62. The van der Waals surface area contributed by atoms with Crippen LogP contribution in [0.25, 0.3) is 0 Å². The van der Waals surface area contributed by atoms with Crippen LogP contribution in [-0.2, 0) is 0 Å². The summed E-state index contributed by atoms with van der Waals surface area (Å²) in [6, 6.07) is 0. The minimum Gasteiger partial charge on any atom is -0.393 e. The molecular formula is C13H26O. The van der Waals surface area contributed by atoms with E-state index < -0.39 is 0 Å². The molecule has 1 unspecified atom stereocenters. The third-order valence-corrected chi connectivity index (χ3v) is 4.71. The lowest BCUT2D eigenvalue weighted by Crippen LogP contribution is -2.35. The smallest absolute Gasteiger partial charge is 0.0540 e. The van der Waals surface area contributed by atoms with Crippen molar-refractivity contribution in [3.63, 3.8) is 0 Å². The number of aliphatic hydroxyl groups excluding tert-OH is 1. The van der Waals surface area contributed by atoms with Crippen LogP contribution in [0, 0.1) is 17.3 Å². The molecule has 0 radical (unpaired) electrons. The molecule has 0 aromatic rings. The molecule has 1 rings (SSSR count). The van der Waals surface area contributed by atoms with Crippen LogP contribution in [0.2, 0.25) is 0 Å². The molecule has 0 heterocycles. The molecule has 1 N–H and O–H groups in total. The summed E-state index contributed by atoms with van der Waals surface area (Å²) in [6.45, 7) is 9.42. The standard InChI is InChI=1S/C13H26O/c1-5-13(4,10(2)3)11-6-8-12(14)9-7-11/h10-12,14H,5-9H2,1-4H3. The van der Waals surface area contributed by atoms with Gasteiger partial charge in [-0.2, -0.15) is 0 Å². The van der Waals surface area contributed by atoms with Gasteiger partial charge < -0.3 is 5.11 Å². The Morgan fingerprint density at radius 1 is 1.21 bits per heavy atom. The summed E-state index contributed by atoms with van der Waals surface area (Å²) in [5.41, 5.74) is 0.486. The molecule has 1 atom stereocenters. The summed E-state index contributed by atoms with van der Waals surface area (Å²) in [5.74, 6) is 1.59. The quantitative estimate of drug-likeness (QED) is 0.734. The maximum absolute atomic E-state index is 9.50. The first-order chi connectivity index (χ1) is 6.50. The van der Waals surface area contributed by atoms with E-state index >= 15 is 0 Å². The van der Waals surface area contributed by atoms with Crippen LogP contribution in [-0.4, -0.2) is 11.2 Å². The number of aliphatic hydroxyl groups is 1. The van der Waals surface area contributed by atoms with E-state index in [1.165, 1.54) is 19.3 Å². The van der Waals surface area contributed by atoms with Crippen molar-refractivity contribution in [2.45, 2.75) is 65.9 Å². The molecule has 1 nitrogen and oxygen atoms in total. The summed E-state index contributed by atoms with van der Waals surface area (Å²) >= 11 is 0. The fourth-order valence-corrected chi connectivity index (χ4v) is 2.90. The highest BCUT2D eigenvalue weighted by Gasteiger charge is 2.37. The zero-order chi connectivity index (χ0) is 10.8. The third-order valence-electron chi connectivity index (χ3n) is 4.71. The van der Waals surface area contributed by atoms with Crippen molar-refractivity contribution >= 4 is 0 Å². The first-order valence-electron chi connectivity index (χ1n) is 6.18. The molecular weight excluding hydrogens is 172 g/mol. The summed E-state index contributed by atoms with van der Waals surface area (Å²) in [7, 11) is 0. The zero-order valence-electron chi connectivity index (χ0n) is 10.2. The van der Waals surface area contributed by atoms with Gasteiger partial charge in [0.1, 0.15) is 0 Å². The van der Waals surface area contributed by atoms with Crippen molar-refractivity contribution < 1.29 is 5.11 Å². The Kier molecular flexibility index (Phi) is 4.00. The van der Waals surface area contributed by atoms with Gasteiger partial charge in [-0.25, -0.2) is 0 Å². The Bertz CT molecular complexity index is 168. The van der Waals surface area contributed by atoms with E-state index in [0.717, 1.165) is 24.7 Å². The number of rotatable bonds is 3. The van der Waals surface area contributed by atoms with Crippen LogP contribution in [0.3, 0.4) is 0 Å². The Morgan fingerprint density at radius 3 is 2.07 bits per heavy atom. The topological polar surface area (TPSA) is 20.2 Å². The summed E-state index contributed by atoms with van der Waals surface area (Å²) in [6.07, 6.45) is 5.75. The van der Waals surface area contributed by atoms with E-state index in [1.54, 1.807) is 0 Å². The van der Waals surface area contributed by atoms with E-state index in [9.17, 15) is 5.11 Å². The molecule has 1 saturated carbocycles. The van der Waals surface area contributed by atoms with Gasteiger partial charge in [-0.15, -0.1) is 0 Å². The molecule has 0 amide bonds. The van der Waals surface area contributed by atoms with Crippen molar-refractivity contribution in [3.05, 3.63) is 0 Å². The normalized spacial score (nSPS) is 33.0. The van der Waals surface area contributed by atoms with Gasteiger partial charge in [0.05, 0.1) is 6.10 Å². The summed E-state index contributed by atoms with van der Waals surface area (Å²) in [4.78, 5) is 0. The van der Waals surface area contributed by atoms with Gasteiger partial charge in [-0.05, 0) is 42.9 Å². The fraction of sp³-hybridized carbons (Fsp3) is 1.00. The predicted octanol–water partition coefficient (Wildman–Crippen LogP) is 3.61. The van der Waals surface area contributed by atoms with Gasteiger partial charge in [-0.3, -0.25) is 0 Å². The maximum Gasteiger partial charge on any atom is 0.0540 e. The van der Waals surface area contributed by atoms with E-state index in [1.807, 2.05) is 0 Å². The molecule has 0 saturated heterocycles. The molecule has 0 aromatic heterocycles. The highest BCUT2D eigenvalue weighted by molar-refractivity contribution is 4.87. The summed E-state index contributed by atoms with van der Waals surface area (Å²) in [5, 5.41) is 9.50. The first kappa shape index (κ1) is 12.0. The highest BCUT2D eigenvalue weighted by Crippen LogP contribution is 2.45. The van der Waals surface area contributed by atoms with Crippen LogP contribution < -0.4 is 0 Å². The number of hydrogen-bond acceptors (Lipinski definition) is 1. The maximum atomic E-state index is 9.50. The van der Waals surface area contributed by atoms with Crippen LogP contribution in [0.4, 0.5) is 0 Å². The van der Waals surface area contributed by atoms with Gasteiger partial charge >= 0.3 is 0 Å². The zero-order valence-corrected chi connectivity index (χ0v) is 10.2. The van der Waals surface area contributed by atoms with E-state index in [-0.39, 0.29) is 6.10 Å². The average Bonchev–Trinajstić information content (AvgIpc) is 2.17. The lowest BCUT2D eigenvalue weighted by molar-refractivity contribution is 0.0295. The molecule has 14 heavy (non-hydrogen) atoms. The Hall–Kier alpha value is -0.0400. The Balaban J connectivity index is 2.61. The van der Waals surface area contributed by atoms with Crippen LogP contribution in [0.15, 0.2) is 0 Å². The highest BCUT2D eigenvalue weighted by atomic mass is 16.3. The first-order valence-corrected chi connectivity index (χ1v) is 6.18. The van der Waals surface area contributed by atoms with Crippen molar-refractivity contribution in [1.29, 1.82) is 0 Å². The van der Waals surface area contributed by atoms with Crippen LogP contribution in [0.1, 0.15) is 59.8 Å². The third kappa shape index (κ3) is 2.31. The summed E-state index contributed by atoms with van der Waals surface area (Å²) < 4.78 is 0. The molecule has 0 spiro atoms. The van der Waals surface area contributed by atoms with Crippen molar-refractivity contribution in [3.8, 4) is 0 Å². The minimum atomic E-state index is -0.0143. The largest absolute Gasteiger partial charge is 0.393 e. The molecule has 0 aliphatic heterocycles. The lowest BCUT2D eigenvalue weighted by Gasteiger charge is -2.43. The Morgan fingerprint density at radius 2 is 1.71 bits per heavy atom. The Labute approximate surface area is 88.9 Å². The molecule has 1 aliphatic carbocycles. The van der Waals surface area contributed by atoms with Gasteiger partial charge in [0.15, 0.2) is 0 Å². The second-order valence-corrected chi connectivity index (χ2v) is 5.52. The second-order valence-electron chi connectivity index (χ2n) is 5.52. The van der Waals surface area contributed by atoms with Gasteiger partial charge in [-0.1, -0.05) is 34.1 Å².